The average Bonchev–Trinajstić information content (AvgIpc) is 3.56. The van der Waals surface area contributed by atoms with Crippen molar-refractivity contribution in [3.8, 4) is 5.75 Å². The Morgan fingerprint density at radius 3 is 2.56 bits per heavy atom. The summed E-state index contributed by atoms with van der Waals surface area (Å²) in [6, 6.07) is 17.4. The van der Waals surface area contributed by atoms with E-state index in [-0.39, 0.29) is 23.0 Å². The van der Waals surface area contributed by atoms with Gasteiger partial charge in [-0.25, -0.2) is 0 Å². The second-order valence-electron chi connectivity index (χ2n) is 9.65. The van der Waals surface area contributed by atoms with E-state index >= 15 is 0 Å². The van der Waals surface area contributed by atoms with Gasteiger partial charge in [-0.05, 0) is 46.9 Å². The Morgan fingerprint density at radius 2 is 1.91 bits per heavy atom. The maximum absolute atomic E-state index is 14.1. The molecule has 2 aliphatic heterocycles. The van der Waals surface area contributed by atoms with Crippen molar-refractivity contribution < 1.29 is 18.7 Å². The first-order valence-corrected chi connectivity index (χ1v) is 12.3. The summed E-state index contributed by atoms with van der Waals surface area (Å²) < 4.78 is 10.9. The molecule has 1 saturated heterocycles. The number of anilines is 1. The van der Waals surface area contributed by atoms with Crippen LogP contribution in [-0.2, 0) is 21.6 Å². The molecule has 5 rings (SSSR count). The fourth-order valence-electron chi connectivity index (χ4n) is 4.70. The molecule has 3 aromatic rings. The molecule has 0 bridgehead atoms. The maximum Gasteiger partial charge on any atom is 0.291 e. The van der Waals surface area contributed by atoms with Gasteiger partial charge in [-0.2, -0.15) is 0 Å². The van der Waals surface area contributed by atoms with Gasteiger partial charge < -0.3 is 19.0 Å². The lowest BCUT2D eigenvalue weighted by molar-refractivity contribution is -0.123. The molecule has 0 radical (unpaired) electrons. The standard InChI is InChI=1S/C27H28N2O4S/c1-26(2,3)19-9-7-18(8-10-19)17-28-22-12-11-20(32-4)16-21(22)27(25(28)31)29(13-15-34-27)24(30)23-6-5-14-33-23/h5-12,14,16H,13,15,17H2,1-4H3. The Bertz CT molecular complexity index is 1230. The molecule has 3 heterocycles. The lowest BCUT2D eigenvalue weighted by Crippen LogP contribution is -2.50. The van der Waals surface area contributed by atoms with Crippen molar-refractivity contribution in [1.29, 1.82) is 0 Å². The largest absolute Gasteiger partial charge is 0.497 e. The van der Waals surface area contributed by atoms with Gasteiger partial charge in [0.2, 0.25) is 0 Å². The predicted molar refractivity (Wildman–Crippen MR) is 133 cm³/mol. The number of ether oxygens (including phenoxy) is 1. The summed E-state index contributed by atoms with van der Waals surface area (Å²) in [7, 11) is 1.60. The van der Waals surface area contributed by atoms with Crippen LogP contribution in [0.25, 0.3) is 0 Å². The van der Waals surface area contributed by atoms with Gasteiger partial charge in [0.1, 0.15) is 5.75 Å². The average molecular weight is 477 g/mol. The second-order valence-corrected chi connectivity index (χ2v) is 10.9. The summed E-state index contributed by atoms with van der Waals surface area (Å²) in [6.45, 7) is 7.43. The van der Waals surface area contributed by atoms with Crippen molar-refractivity contribution in [3.05, 3.63) is 83.3 Å². The molecule has 1 aromatic heterocycles. The number of thioether (sulfide) groups is 1. The monoisotopic (exact) mass is 476 g/mol. The number of carbonyl (C=O) groups excluding carboxylic acids is 2. The van der Waals surface area contributed by atoms with Crippen LogP contribution in [0.5, 0.6) is 5.75 Å². The van der Waals surface area contributed by atoms with Gasteiger partial charge in [0.05, 0.1) is 25.6 Å². The van der Waals surface area contributed by atoms with E-state index in [4.69, 9.17) is 9.15 Å². The van der Waals surface area contributed by atoms with E-state index in [0.29, 0.717) is 24.6 Å². The van der Waals surface area contributed by atoms with Crippen LogP contribution in [0.1, 0.15) is 48.0 Å². The maximum atomic E-state index is 14.1. The number of carbonyl (C=O) groups is 2. The molecule has 0 saturated carbocycles. The van der Waals surface area contributed by atoms with Crippen molar-refractivity contribution >= 4 is 29.3 Å². The van der Waals surface area contributed by atoms with E-state index in [1.807, 2.05) is 18.2 Å². The van der Waals surface area contributed by atoms with Gasteiger partial charge in [-0.15, -0.1) is 11.8 Å². The molecule has 7 heteroatoms. The first-order chi connectivity index (χ1) is 16.3. The zero-order valence-electron chi connectivity index (χ0n) is 19.8. The number of furan rings is 1. The summed E-state index contributed by atoms with van der Waals surface area (Å²) in [5, 5.41) is 0. The molecule has 1 spiro atoms. The first-order valence-electron chi connectivity index (χ1n) is 11.3. The van der Waals surface area contributed by atoms with Crippen LogP contribution in [0.4, 0.5) is 5.69 Å². The molecule has 34 heavy (non-hydrogen) atoms. The number of hydrogen-bond acceptors (Lipinski definition) is 5. The molecule has 2 aromatic carbocycles. The Balaban J connectivity index is 1.56. The van der Waals surface area contributed by atoms with Crippen molar-refractivity contribution in [2.45, 2.75) is 37.6 Å². The van der Waals surface area contributed by atoms with Crippen molar-refractivity contribution in [2.24, 2.45) is 0 Å². The highest BCUT2D eigenvalue weighted by Crippen LogP contribution is 2.55. The van der Waals surface area contributed by atoms with Crippen molar-refractivity contribution in [3.63, 3.8) is 0 Å². The zero-order valence-corrected chi connectivity index (χ0v) is 20.6. The van der Waals surface area contributed by atoms with E-state index < -0.39 is 4.87 Å². The molecule has 1 unspecified atom stereocenters. The molecule has 6 nitrogen and oxygen atoms in total. The minimum Gasteiger partial charge on any atom is -0.497 e. The molecule has 1 fully saturated rings. The lowest BCUT2D eigenvalue weighted by atomic mass is 9.87. The highest BCUT2D eigenvalue weighted by molar-refractivity contribution is 8.01. The number of fused-ring (bicyclic) bond motifs is 2. The predicted octanol–water partition coefficient (Wildman–Crippen LogP) is 5.17. The van der Waals surface area contributed by atoms with Crippen LogP contribution in [0.3, 0.4) is 0 Å². The first kappa shape index (κ1) is 22.6. The highest BCUT2D eigenvalue weighted by Gasteiger charge is 2.60. The van der Waals surface area contributed by atoms with E-state index in [2.05, 4.69) is 45.0 Å². The van der Waals surface area contributed by atoms with Crippen LogP contribution in [0, 0.1) is 0 Å². The fraction of sp³-hybridized carbons (Fsp3) is 0.333. The quantitative estimate of drug-likeness (QED) is 0.520. The van der Waals surface area contributed by atoms with Gasteiger partial charge in [0, 0.05) is 17.9 Å². The van der Waals surface area contributed by atoms with Crippen LogP contribution in [0.15, 0.2) is 65.3 Å². The van der Waals surface area contributed by atoms with E-state index in [1.165, 1.54) is 23.6 Å². The number of rotatable bonds is 4. The van der Waals surface area contributed by atoms with E-state index in [9.17, 15) is 9.59 Å². The molecule has 0 aliphatic carbocycles. The van der Waals surface area contributed by atoms with Gasteiger partial charge in [-0.3, -0.25) is 9.59 Å². The molecule has 2 amide bonds. The normalized spacial score (nSPS) is 19.7. The Kier molecular flexibility index (Phi) is 5.47. The third-order valence-electron chi connectivity index (χ3n) is 6.54. The Hall–Kier alpha value is -3.19. The van der Waals surface area contributed by atoms with Crippen molar-refractivity contribution in [2.75, 3.05) is 24.3 Å². The second kappa shape index (κ2) is 8.24. The lowest BCUT2D eigenvalue weighted by Gasteiger charge is -2.32. The summed E-state index contributed by atoms with van der Waals surface area (Å²) in [4.78, 5) is 29.8. The van der Waals surface area contributed by atoms with Crippen LogP contribution >= 0.6 is 11.8 Å². The number of methoxy groups -OCH3 is 1. The van der Waals surface area contributed by atoms with Gasteiger partial charge >= 0.3 is 0 Å². The fourth-order valence-corrected chi connectivity index (χ4v) is 6.16. The number of amides is 2. The minimum atomic E-state index is -1.14. The third kappa shape index (κ3) is 3.50. The molecule has 0 N–H and O–H groups in total. The highest BCUT2D eigenvalue weighted by atomic mass is 32.2. The summed E-state index contributed by atoms with van der Waals surface area (Å²) in [5.74, 6) is 1.14. The van der Waals surface area contributed by atoms with Crippen LogP contribution in [0.2, 0.25) is 0 Å². The van der Waals surface area contributed by atoms with Gasteiger partial charge in [0.15, 0.2) is 10.6 Å². The van der Waals surface area contributed by atoms with E-state index in [0.717, 1.165) is 16.8 Å². The molecule has 1 atom stereocenters. The van der Waals surface area contributed by atoms with Gasteiger partial charge in [-0.1, -0.05) is 45.0 Å². The smallest absolute Gasteiger partial charge is 0.291 e. The van der Waals surface area contributed by atoms with Crippen LogP contribution in [-0.4, -0.2) is 36.1 Å². The Morgan fingerprint density at radius 1 is 1.15 bits per heavy atom. The number of hydrogen-bond donors (Lipinski definition) is 0. The molecular formula is C27H28N2O4S. The number of benzene rings is 2. The molecular weight excluding hydrogens is 448 g/mol. The third-order valence-corrected chi connectivity index (χ3v) is 7.96. The minimum absolute atomic E-state index is 0.0579. The number of nitrogens with zero attached hydrogens (tertiary/aromatic N) is 2. The SMILES string of the molecule is COc1ccc2c(c1)C1(SCCN1C(=O)c1ccco1)C(=O)N2Cc1ccc(C(C)(C)C)cc1. The Labute approximate surface area is 203 Å². The summed E-state index contributed by atoms with van der Waals surface area (Å²) in [5.41, 5.74) is 3.92. The molecule has 2 aliphatic rings. The van der Waals surface area contributed by atoms with Crippen LogP contribution < -0.4 is 9.64 Å². The summed E-state index contributed by atoms with van der Waals surface area (Å²) >= 11 is 1.49. The molecule has 176 valence electrons. The van der Waals surface area contributed by atoms with E-state index in [1.54, 1.807) is 29.0 Å². The van der Waals surface area contributed by atoms with Gasteiger partial charge in [0.25, 0.3) is 11.8 Å². The topological polar surface area (TPSA) is 63.0 Å². The van der Waals surface area contributed by atoms with Crippen molar-refractivity contribution in [1.82, 2.24) is 4.90 Å². The summed E-state index contributed by atoms with van der Waals surface area (Å²) in [6.07, 6.45) is 1.48. The zero-order chi connectivity index (χ0) is 24.1.